The molecule has 1 aliphatic carbocycles. The molecular formula is C16H14ClK2NO9S2+2. The second-order valence-electron chi connectivity index (χ2n) is 6.08. The average Bonchev–Trinajstić information content (AvgIpc) is 2.57. The smallest absolute Gasteiger partial charge is 0.325 e. The van der Waals surface area contributed by atoms with Crippen molar-refractivity contribution in [3.63, 3.8) is 0 Å². The van der Waals surface area contributed by atoms with Crippen LogP contribution in [0.25, 0.3) is 0 Å². The number of hydrogen-bond donors (Lipinski definition) is 3. The van der Waals surface area contributed by atoms with Gasteiger partial charge in [-0.25, -0.2) is 8.37 Å². The maximum atomic E-state index is 11.4. The third-order valence-electron chi connectivity index (χ3n) is 4.04. The molecule has 0 aromatic heterocycles. The van der Waals surface area contributed by atoms with Crippen molar-refractivity contribution >= 4 is 44.0 Å². The largest absolute Gasteiger partial charge is 1.00 e. The number of carbonyl (C=O) groups excluding carboxylic acids is 1. The molecule has 0 saturated carbocycles. The van der Waals surface area contributed by atoms with Crippen LogP contribution in [0.15, 0.2) is 36.4 Å². The fourth-order valence-corrected chi connectivity index (χ4v) is 4.24. The first-order valence-electron chi connectivity index (χ1n) is 7.87. The van der Waals surface area contributed by atoms with Crippen molar-refractivity contribution in [2.24, 2.45) is 0 Å². The molecule has 1 amide bonds. The van der Waals surface area contributed by atoms with Crippen molar-refractivity contribution < 1.29 is 142 Å². The Hall–Kier alpha value is 1.21. The average molecular weight is 542 g/mol. The zero-order valence-electron chi connectivity index (χ0n) is 16.6. The van der Waals surface area contributed by atoms with E-state index in [1.807, 2.05) is 0 Å². The number of anilines is 1. The minimum atomic E-state index is -4.94. The predicted octanol–water partition coefficient (Wildman–Crippen LogP) is -3.56. The summed E-state index contributed by atoms with van der Waals surface area (Å²) < 4.78 is 73.7. The van der Waals surface area contributed by atoms with Crippen LogP contribution >= 0.6 is 11.6 Å². The molecule has 31 heavy (non-hydrogen) atoms. The standard InChI is InChI=1S/C16H14ClNO9S2.2K/c1-8(19)18-14-7-12-11(6-13(14)17)15(26-28(20,21)22)9-4-2-3-5-10(9)16(12)27-29(23,24)25;;/h2-7,15-16H,1H3,(H,18,19)(H,20,21,22)(H,23,24,25);;/q;2*+1. The van der Waals surface area contributed by atoms with E-state index in [1.165, 1.54) is 43.3 Å². The molecule has 156 valence electrons. The van der Waals surface area contributed by atoms with Crippen LogP contribution in [0.3, 0.4) is 0 Å². The molecule has 2 atom stereocenters. The van der Waals surface area contributed by atoms with E-state index in [0.717, 1.165) is 0 Å². The fourth-order valence-electron chi connectivity index (χ4n) is 3.12. The molecule has 0 saturated heterocycles. The van der Waals surface area contributed by atoms with Gasteiger partial charge in [-0.1, -0.05) is 35.9 Å². The molecule has 15 heteroatoms. The second-order valence-corrected chi connectivity index (χ2v) is 8.58. The number of fused-ring (bicyclic) bond motifs is 2. The van der Waals surface area contributed by atoms with Crippen molar-refractivity contribution in [2.75, 3.05) is 5.32 Å². The van der Waals surface area contributed by atoms with Gasteiger partial charge in [0.2, 0.25) is 5.91 Å². The molecule has 0 radical (unpaired) electrons. The summed E-state index contributed by atoms with van der Waals surface area (Å²) in [5.74, 6) is -0.471. The molecule has 1 aliphatic rings. The van der Waals surface area contributed by atoms with E-state index in [9.17, 15) is 30.7 Å². The number of nitrogens with one attached hydrogen (secondary N) is 1. The van der Waals surface area contributed by atoms with Crippen molar-refractivity contribution in [3.8, 4) is 0 Å². The van der Waals surface area contributed by atoms with E-state index < -0.39 is 38.9 Å². The van der Waals surface area contributed by atoms with Gasteiger partial charge in [0.1, 0.15) is 12.2 Å². The Kier molecular flexibility index (Phi) is 11.5. The first-order valence-corrected chi connectivity index (χ1v) is 11.0. The van der Waals surface area contributed by atoms with E-state index in [0.29, 0.717) is 0 Å². The van der Waals surface area contributed by atoms with Gasteiger partial charge in [-0.2, -0.15) is 16.8 Å². The number of benzene rings is 2. The van der Waals surface area contributed by atoms with Gasteiger partial charge in [0, 0.05) is 6.92 Å². The molecule has 0 aliphatic heterocycles. The Labute approximate surface area is 269 Å². The maximum absolute atomic E-state index is 11.4. The van der Waals surface area contributed by atoms with Gasteiger partial charge in [0.05, 0.1) is 10.7 Å². The quantitative estimate of drug-likeness (QED) is 0.257. The predicted molar refractivity (Wildman–Crippen MR) is 101 cm³/mol. The maximum Gasteiger partial charge on any atom is 1.00 e. The Bertz CT molecular complexity index is 1210. The van der Waals surface area contributed by atoms with Crippen molar-refractivity contribution in [2.45, 2.75) is 19.1 Å². The van der Waals surface area contributed by atoms with Gasteiger partial charge in [-0.15, -0.1) is 0 Å². The molecule has 0 heterocycles. The molecule has 10 nitrogen and oxygen atoms in total. The molecular weight excluding hydrogens is 528 g/mol. The minimum absolute atomic E-state index is 0. The zero-order chi connectivity index (χ0) is 21.6. The first-order chi connectivity index (χ1) is 13.4. The van der Waals surface area contributed by atoms with Crippen LogP contribution in [-0.4, -0.2) is 31.8 Å². The van der Waals surface area contributed by atoms with Crippen LogP contribution in [0, 0.1) is 0 Å². The SMILES string of the molecule is CC(=O)Nc1cc2c(cc1Cl)C(OS(=O)(=O)O)c1ccccc1C2OS(=O)(=O)O.[K+].[K+]. The van der Waals surface area contributed by atoms with Crippen molar-refractivity contribution in [1.29, 1.82) is 0 Å². The van der Waals surface area contributed by atoms with Gasteiger partial charge >= 0.3 is 124 Å². The van der Waals surface area contributed by atoms with Crippen LogP contribution in [0.1, 0.15) is 41.4 Å². The second kappa shape index (κ2) is 11.8. The molecule has 3 rings (SSSR count). The van der Waals surface area contributed by atoms with Crippen molar-refractivity contribution in [3.05, 3.63) is 63.7 Å². The van der Waals surface area contributed by atoms with Crippen LogP contribution < -0.4 is 108 Å². The van der Waals surface area contributed by atoms with Gasteiger partial charge in [-0.3, -0.25) is 13.9 Å². The van der Waals surface area contributed by atoms with Gasteiger partial charge in [-0.05, 0) is 34.4 Å². The molecule has 3 N–H and O–H groups in total. The number of halogens is 1. The summed E-state index contributed by atoms with van der Waals surface area (Å²) in [7, 11) is -9.86. The Morgan fingerprint density at radius 3 is 1.71 bits per heavy atom. The summed E-state index contributed by atoms with van der Waals surface area (Å²) in [4.78, 5) is 11.4. The first kappa shape index (κ1) is 30.2. The van der Waals surface area contributed by atoms with Gasteiger partial charge < -0.3 is 5.32 Å². The Morgan fingerprint density at radius 1 is 0.903 bits per heavy atom. The summed E-state index contributed by atoms with van der Waals surface area (Å²) in [5.41, 5.74) is 0.501. The van der Waals surface area contributed by atoms with E-state index in [-0.39, 0.29) is 136 Å². The summed E-state index contributed by atoms with van der Waals surface area (Å²) in [6.45, 7) is 1.22. The van der Waals surface area contributed by atoms with Gasteiger partial charge in [0.25, 0.3) is 0 Å². The number of rotatable bonds is 5. The summed E-state index contributed by atoms with van der Waals surface area (Å²) in [5, 5.41) is 2.44. The van der Waals surface area contributed by atoms with Gasteiger partial charge in [0.15, 0.2) is 0 Å². The Balaban J connectivity index is 0.00000240. The van der Waals surface area contributed by atoms with E-state index in [4.69, 9.17) is 20.0 Å². The molecule has 2 aromatic rings. The molecule has 0 spiro atoms. The number of amides is 1. The molecule has 0 fully saturated rings. The summed E-state index contributed by atoms with van der Waals surface area (Å²) in [6, 6.07) is 8.44. The van der Waals surface area contributed by atoms with E-state index >= 15 is 0 Å². The van der Waals surface area contributed by atoms with E-state index in [2.05, 4.69) is 5.32 Å². The fraction of sp³-hybridized carbons (Fsp3) is 0.188. The monoisotopic (exact) mass is 541 g/mol. The molecule has 2 unspecified atom stereocenters. The third-order valence-corrected chi connectivity index (χ3v) is 5.23. The Morgan fingerprint density at radius 2 is 1.32 bits per heavy atom. The number of hydrogen-bond acceptors (Lipinski definition) is 7. The van der Waals surface area contributed by atoms with Crippen LogP contribution in [0.2, 0.25) is 5.02 Å². The molecule has 2 aromatic carbocycles. The minimum Gasteiger partial charge on any atom is -0.325 e. The van der Waals surface area contributed by atoms with Crippen LogP contribution in [-0.2, 0) is 34.0 Å². The van der Waals surface area contributed by atoms with Crippen molar-refractivity contribution in [1.82, 2.24) is 0 Å². The van der Waals surface area contributed by atoms with E-state index in [1.54, 1.807) is 0 Å². The summed E-state index contributed by atoms with van der Waals surface area (Å²) in [6.07, 6.45) is -2.79. The zero-order valence-corrected chi connectivity index (χ0v) is 25.2. The van der Waals surface area contributed by atoms with Crippen LogP contribution in [0.4, 0.5) is 5.69 Å². The number of carbonyl (C=O) groups is 1. The molecule has 0 bridgehead atoms. The third kappa shape index (κ3) is 7.86. The summed E-state index contributed by atoms with van der Waals surface area (Å²) >= 11 is 6.16. The normalized spacial score (nSPS) is 17.4. The topological polar surface area (TPSA) is 156 Å². The van der Waals surface area contributed by atoms with Crippen LogP contribution in [0.5, 0.6) is 0 Å².